The number of benzene rings is 2. The average molecular weight is 381 g/mol. The molecule has 27 heavy (non-hydrogen) atoms. The van der Waals surface area contributed by atoms with Crippen molar-refractivity contribution in [1.29, 1.82) is 0 Å². The lowest BCUT2D eigenvalue weighted by Crippen LogP contribution is -2.29. The Morgan fingerprint density at radius 2 is 1.96 bits per heavy atom. The van der Waals surface area contributed by atoms with Crippen molar-refractivity contribution in [2.75, 3.05) is 0 Å². The first-order valence-corrected chi connectivity index (χ1v) is 10.4. The van der Waals surface area contributed by atoms with Crippen LogP contribution >= 0.6 is 0 Å². The molecule has 5 rings (SSSR count). The van der Waals surface area contributed by atoms with E-state index < -0.39 is 16.1 Å². The maximum absolute atomic E-state index is 11.6. The zero-order chi connectivity index (χ0) is 18.8. The fourth-order valence-electron chi connectivity index (χ4n) is 4.62. The van der Waals surface area contributed by atoms with Gasteiger partial charge in [0.15, 0.2) is 0 Å². The van der Waals surface area contributed by atoms with Crippen LogP contribution in [0.4, 0.5) is 0 Å². The van der Waals surface area contributed by atoms with E-state index in [-0.39, 0.29) is 16.9 Å². The van der Waals surface area contributed by atoms with Gasteiger partial charge in [0, 0.05) is 11.5 Å². The minimum atomic E-state index is -3.75. The maximum atomic E-state index is 11.6. The fraction of sp³-hybridized carbons (Fsp3) is 0.250. The molecule has 2 heterocycles. The molecule has 6 nitrogen and oxygen atoms in total. The topological polar surface area (TPSA) is 98.2 Å². The highest BCUT2D eigenvalue weighted by Gasteiger charge is 2.40. The molecule has 7 heteroatoms. The summed E-state index contributed by atoms with van der Waals surface area (Å²) in [6.45, 7) is 0. The molecule has 1 unspecified atom stereocenters. The highest BCUT2D eigenvalue weighted by molar-refractivity contribution is 7.89. The Labute approximate surface area is 157 Å². The van der Waals surface area contributed by atoms with E-state index in [2.05, 4.69) is 21.7 Å². The summed E-state index contributed by atoms with van der Waals surface area (Å²) < 4.78 is 25.4. The summed E-state index contributed by atoms with van der Waals surface area (Å²) in [5.41, 5.74) is 5.05. The van der Waals surface area contributed by atoms with Crippen LogP contribution < -0.4 is 5.14 Å². The van der Waals surface area contributed by atoms with Gasteiger partial charge in [-0.3, -0.25) is 0 Å². The lowest BCUT2D eigenvalue weighted by molar-refractivity contribution is 0.0719. The van der Waals surface area contributed by atoms with Gasteiger partial charge in [0.1, 0.15) is 0 Å². The number of aryl methyl sites for hydroxylation is 1. The number of aromatic nitrogens is 2. The van der Waals surface area contributed by atoms with Gasteiger partial charge in [0.25, 0.3) is 0 Å². The van der Waals surface area contributed by atoms with Crippen LogP contribution in [-0.2, 0) is 16.4 Å². The monoisotopic (exact) mass is 381 g/mol. The molecule has 3 atom stereocenters. The summed E-state index contributed by atoms with van der Waals surface area (Å²) >= 11 is 0. The molecule has 138 valence electrons. The minimum Gasteiger partial charge on any atom is -0.388 e. The molecule has 3 N–H and O–H groups in total. The molecule has 3 aromatic rings. The van der Waals surface area contributed by atoms with Crippen molar-refractivity contribution in [3.63, 3.8) is 0 Å². The second kappa shape index (κ2) is 5.76. The summed E-state index contributed by atoms with van der Waals surface area (Å²) in [4.78, 5) is 4.39. The van der Waals surface area contributed by atoms with E-state index in [1.54, 1.807) is 12.1 Å². The number of primary sulfonamides is 1. The van der Waals surface area contributed by atoms with E-state index in [0.717, 1.165) is 28.8 Å². The number of hydrogen-bond acceptors (Lipinski definition) is 4. The molecule has 2 aromatic carbocycles. The van der Waals surface area contributed by atoms with Gasteiger partial charge in [0.2, 0.25) is 10.0 Å². The maximum Gasteiger partial charge on any atom is 0.238 e. The van der Waals surface area contributed by atoms with Crippen molar-refractivity contribution in [1.82, 2.24) is 9.55 Å². The molecular formula is C20H19N3O3S. The predicted octanol–water partition coefficient (Wildman–Crippen LogP) is 2.40. The minimum absolute atomic E-state index is 0.0137. The molecule has 1 aliphatic carbocycles. The van der Waals surface area contributed by atoms with E-state index in [9.17, 15) is 13.5 Å². The highest BCUT2D eigenvalue weighted by atomic mass is 32.2. The highest BCUT2D eigenvalue weighted by Crippen LogP contribution is 2.49. The quantitative estimate of drug-likeness (QED) is 0.712. The van der Waals surface area contributed by atoms with Crippen molar-refractivity contribution < 1.29 is 13.5 Å². The van der Waals surface area contributed by atoms with Gasteiger partial charge in [-0.2, -0.15) is 0 Å². The van der Waals surface area contributed by atoms with Crippen molar-refractivity contribution in [2.24, 2.45) is 11.1 Å². The molecule has 0 spiro atoms. The zero-order valence-corrected chi connectivity index (χ0v) is 15.3. The van der Waals surface area contributed by atoms with Crippen LogP contribution in [0.25, 0.3) is 11.3 Å². The third kappa shape index (κ3) is 2.46. The van der Waals surface area contributed by atoms with Crippen LogP contribution in [0.1, 0.15) is 35.3 Å². The Hall–Kier alpha value is -2.48. The third-order valence-corrected chi connectivity index (χ3v) is 6.75. The number of nitrogens with zero attached hydrogens (tertiary/aromatic N) is 2. The van der Waals surface area contributed by atoms with Crippen LogP contribution in [0.3, 0.4) is 0 Å². The standard InChI is InChI=1S/C20H19N3O3S/c21-27(25,26)13-6-8-14-12(9-13)5-7-17(20(14)24)19-16-4-2-1-3-15(16)18-10-22-11-23(18)19/h1-4,6,8-11,17,19-20,24H,5,7H2,(H2,21,25,26)/t17-,19-,20?/m0/s1. The van der Waals surface area contributed by atoms with Crippen LogP contribution in [0.15, 0.2) is 59.9 Å². The number of hydrogen-bond donors (Lipinski definition) is 2. The van der Waals surface area contributed by atoms with Gasteiger partial charge in [-0.25, -0.2) is 18.5 Å². The van der Waals surface area contributed by atoms with Crippen molar-refractivity contribution in [3.05, 3.63) is 71.7 Å². The second-order valence-electron chi connectivity index (χ2n) is 7.27. The molecule has 0 amide bonds. The van der Waals surface area contributed by atoms with Crippen molar-refractivity contribution in [2.45, 2.75) is 29.9 Å². The number of aliphatic hydroxyl groups is 1. The van der Waals surface area contributed by atoms with Gasteiger partial charge in [-0.15, -0.1) is 0 Å². The number of sulfonamides is 1. The summed E-state index contributed by atoms with van der Waals surface area (Å²) in [6.07, 6.45) is 4.45. The van der Waals surface area contributed by atoms with E-state index in [1.165, 1.54) is 11.6 Å². The molecule has 0 bridgehead atoms. The first-order valence-electron chi connectivity index (χ1n) is 8.90. The zero-order valence-electron chi connectivity index (χ0n) is 14.5. The summed E-state index contributed by atoms with van der Waals surface area (Å²) in [6, 6.07) is 13.0. The van der Waals surface area contributed by atoms with Gasteiger partial charge in [-0.1, -0.05) is 30.3 Å². The molecule has 1 aromatic heterocycles. The fourth-order valence-corrected chi connectivity index (χ4v) is 5.18. The second-order valence-corrected chi connectivity index (χ2v) is 8.83. The van der Waals surface area contributed by atoms with Crippen molar-refractivity contribution >= 4 is 10.0 Å². The van der Waals surface area contributed by atoms with Crippen LogP contribution in [0.5, 0.6) is 0 Å². The Morgan fingerprint density at radius 3 is 2.78 bits per heavy atom. The summed E-state index contributed by atoms with van der Waals surface area (Å²) in [5, 5.41) is 16.4. The van der Waals surface area contributed by atoms with E-state index in [1.807, 2.05) is 24.7 Å². The molecule has 0 radical (unpaired) electrons. The van der Waals surface area contributed by atoms with Gasteiger partial charge < -0.3 is 9.67 Å². The molecule has 1 aliphatic heterocycles. The third-order valence-electron chi connectivity index (χ3n) is 5.84. The first kappa shape index (κ1) is 16.7. The number of aliphatic hydroxyl groups excluding tert-OH is 1. The Morgan fingerprint density at radius 1 is 1.15 bits per heavy atom. The lowest BCUT2D eigenvalue weighted by atomic mass is 9.76. The van der Waals surface area contributed by atoms with Gasteiger partial charge in [-0.05, 0) is 41.7 Å². The molecule has 0 saturated carbocycles. The van der Waals surface area contributed by atoms with Crippen molar-refractivity contribution in [3.8, 4) is 11.3 Å². The SMILES string of the molecule is NS(=O)(=O)c1ccc2c(c1)CC[C@@H]([C@@H]1c3ccccc3-c3cncn31)C2O. The first-order chi connectivity index (χ1) is 12.9. The largest absolute Gasteiger partial charge is 0.388 e. The lowest BCUT2D eigenvalue weighted by Gasteiger charge is -2.35. The van der Waals surface area contributed by atoms with E-state index in [0.29, 0.717) is 6.42 Å². The number of nitrogens with two attached hydrogens (primary N) is 1. The Balaban J connectivity index is 1.57. The smallest absolute Gasteiger partial charge is 0.238 e. The number of fused-ring (bicyclic) bond motifs is 4. The molecular weight excluding hydrogens is 362 g/mol. The van der Waals surface area contributed by atoms with E-state index in [4.69, 9.17) is 5.14 Å². The van der Waals surface area contributed by atoms with Gasteiger partial charge in [0.05, 0.1) is 35.3 Å². The molecule has 2 aliphatic rings. The van der Waals surface area contributed by atoms with Gasteiger partial charge >= 0.3 is 0 Å². The van der Waals surface area contributed by atoms with E-state index >= 15 is 0 Å². The molecule has 0 saturated heterocycles. The number of rotatable bonds is 2. The number of imidazole rings is 1. The average Bonchev–Trinajstić information content (AvgIpc) is 3.22. The molecule has 0 fully saturated rings. The Bertz CT molecular complexity index is 1150. The summed E-state index contributed by atoms with van der Waals surface area (Å²) in [5.74, 6) is -0.0190. The van der Waals surface area contributed by atoms with Crippen LogP contribution in [-0.4, -0.2) is 23.1 Å². The Kier molecular flexibility index (Phi) is 3.56. The predicted molar refractivity (Wildman–Crippen MR) is 100 cm³/mol. The van der Waals surface area contributed by atoms with Crippen LogP contribution in [0.2, 0.25) is 0 Å². The van der Waals surface area contributed by atoms with Crippen LogP contribution in [0, 0.1) is 5.92 Å². The normalized spacial score (nSPS) is 23.6. The summed E-state index contributed by atoms with van der Waals surface area (Å²) in [7, 11) is -3.75.